The molecule has 0 saturated carbocycles. The molecule has 0 fully saturated rings. The van der Waals surface area contributed by atoms with Gasteiger partial charge in [-0.3, -0.25) is 4.79 Å². The Hall–Kier alpha value is -2.74. The van der Waals surface area contributed by atoms with Crippen LogP contribution in [0, 0.1) is 5.82 Å². The molecule has 0 atom stereocenters. The van der Waals surface area contributed by atoms with E-state index in [-0.39, 0.29) is 31.3 Å². The molecule has 0 unspecified atom stereocenters. The van der Waals surface area contributed by atoms with Gasteiger partial charge in [0.2, 0.25) is 0 Å². The first kappa shape index (κ1) is 17.1. The highest BCUT2D eigenvalue weighted by molar-refractivity contribution is 5.86. The second-order valence-electron chi connectivity index (χ2n) is 5.52. The fourth-order valence-corrected chi connectivity index (χ4v) is 2.51. The van der Waals surface area contributed by atoms with Crippen LogP contribution >= 0.6 is 0 Å². The molecule has 2 aromatic rings. The van der Waals surface area contributed by atoms with E-state index in [9.17, 15) is 14.0 Å². The van der Waals surface area contributed by atoms with Crippen molar-refractivity contribution in [1.82, 2.24) is 9.78 Å². The minimum Gasteiger partial charge on any atom is -0.467 e. The number of rotatable bonds is 5. The summed E-state index contributed by atoms with van der Waals surface area (Å²) in [6.07, 6.45) is 0.709. The molecule has 0 bridgehead atoms. The van der Waals surface area contributed by atoms with Gasteiger partial charge in [-0.1, -0.05) is 6.92 Å². The number of fused-ring (bicyclic) bond motifs is 1. The highest BCUT2D eigenvalue weighted by Gasteiger charge is 2.19. The van der Waals surface area contributed by atoms with E-state index >= 15 is 0 Å². The number of halogens is 1. The minimum absolute atomic E-state index is 0.0163. The standard InChI is InChI=1S/C17H17FN2O5/c1-2-5-20-15(21)4-3-14(19-20)17(22)24-9-12-7-13(18)6-11-8-23-10-25-16(11)12/h3-4,6-7H,2,5,8-10H2,1H3. The van der Waals surface area contributed by atoms with E-state index < -0.39 is 11.8 Å². The van der Waals surface area contributed by atoms with Gasteiger partial charge in [-0.15, -0.1) is 0 Å². The smallest absolute Gasteiger partial charge is 0.359 e. The Morgan fingerprint density at radius 2 is 2.24 bits per heavy atom. The third-order valence-corrected chi connectivity index (χ3v) is 3.62. The van der Waals surface area contributed by atoms with E-state index in [1.807, 2.05) is 6.92 Å². The molecular formula is C17H17FN2O5. The van der Waals surface area contributed by atoms with E-state index in [0.717, 1.165) is 0 Å². The number of esters is 1. The van der Waals surface area contributed by atoms with E-state index in [2.05, 4.69) is 5.10 Å². The van der Waals surface area contributed by atoms with Gasteiger partial charge in [0.1, 0.15) is 18.2 Å². The first-order valence-electron chi connectivity index (χ1n) is 7.85. The molecule has 8 heteroatoms. The van der Waals surface area contributed by atoms with Crippen LogP contribution in [0.1, 0.15) is 35.0 Å². The van der Waals surface area contributed by atoms with Gasteiger partial charge in [-0.05, 0) is 24.6 Å². The predicted octanol–water partition coefficient (Wildman–Crippen LogP) is 2.02. The van der Waals surface area contributed by atoms with Gasteiger partial charge in [0.05, 0.1) is 6.61 Å². The first-order valence-corrected chi connectivity index (χ1v) is 7.85. The van der Waals surface area contributed by atoms with Crippen LogP contribution in [0.25, 0.3) is 0 Å². The van der Waals surface area contributed by atoms with E-state index in [0.29, 0.717) is 29.8 Å². The average Bonchev–Trinajstić information content (AvgIpc) is 2.61. The minimum atomic E-state index is -0.699. The molecule has 1 aromatic heterocycles. The highest BCUT2D eigenvalue weighted by atomic mass is 19.1. The topological polar surface area (TPSA) is 79.7 Å². The number of ether oxygens (including phenoxy) is 3. The molecule has 2 heterocycles. The first-order chi connectivity index (χ1) is 12.1. The number of carbonyl (C=O) groups is 1. The Kier molecular flexibility index (Phi) is 5.08. The van der Waals surface area contributed by atoms with Crippen molar-refractivity contribution >= 4 is 5.97 Å². The molecule has 0 N–H and O–H groups in total. The van der Waals surface area contributed by atoms with Gasteiger partial charge >= 0.3 is 5.97 Å². The van der Waals surface area contributed by atoms with Crippen molar-refractivity contribution in [3.63, 3.8) is 0 Å². The Morgan fingerprint density at radius 1 is 1.40 bits per heavy atom. The second kappa shape index (κ2) is 7.43. The lowest BCUT2D eigenvalue weighted by molar-refractivity contribution is -0.0183. The molecule has 1 aliphatic heterocycles. The van der Waals surface area contributed by atoms with Crippen LogP contribution in [-0.2, 0) is 29.2 Å². The molecule has 25 heavy (non-hydrogen) atoms. The van der Waals surface area contributed by atoms with Crippen LogP contribution in [0.3, 0.4) is 0 Å². The van der Waals surface area contributed by atoms with Crippen molar-refractivity contribution in [3.05, 3.63) is 57.3 Å². The van der Waals surface area contributed by atoms with E-state index in [1.54, 1.807) is 0 Å². The maximum Gasteiger partial charge on any atom is 0.359 e. The number of aromatic nitrogens is 2. The molecule has 0 amide bonds. The zero-order chi connectivity index (χ0) is 17.8. The van der Waals surface area contributed by atoms with E-state index in [1.165, 1.54) is 28.9 Å². The fraction of sp³-hybridized carbons (Fsp3) is 0.353. The largest absolute Gasteiger partial charge is 0.467 e. The zero-order valence-corrected chi connectivity index (χ0v) is 13.7. The predicted molar refractivity (Wildman–Crippen MR) is 84.6 cm³/mol. The summed E-state index contributed by atoms with van der Waals surface area (Å²) in [5.41, 5.74) is 0.703. The lowest BCUT2D eigenvalue weighted by Gasteiger charge is -2.20. The maximum absolute atomic E-state index is 13.7. The fourth-order valence-electron chi connectivity index (χ4n) is 2.51. The van der Waals surface area contributed by atoms with Crippen molar-refractivity contribution in [2.24, 2.45) is 0 Å². The molecule has 3 rings (SSSR count). The van der Waals surface area contributed by atoms with Crippen LogP contribution in [0.15, 0.2) is 29.1 Å². The normalized spacial score (nSPS) is 13.0. The molecular weight excluding hydrogens is 331 g/mol. The third-order valence-electron chi connectivity index (χ3n) is 3.62. The Bertz CT molecular complexity index is 849. The summed E-state index contributed by atoms with van der Waals surface area (Å²) < 4.78 is 30.6. The van der Waals surface area contributed by atoms with Crippen molar-refractivity contribution in [2.45, 2.75) is 33.1 Å². The quantitative estimate of drug-likeness (QED) is 0.769. The van der Waals surface area contributed by atoms with Crippen LogP contribution in [0.5, 0.6) is 5.75 Å². The third kappa shape index (κ3) is 3.85. The van der Waals surface area contributed by atoms with Crippen molar-refractivity contribution in [3.8, 4) is 5.75 Å². The van der Waals surface area contributed by atoms with Gasteiger partial charge in [0.15, 0.2) is 12.5 Å². The van der Waals surface area contributed by atoms with Gasteiger partial charge in [0, 0.05) is 23.7 Å². The molecule has 0 saturated heterocycles. The maximum atomic E-state index is 13.7. The monoisotopic (exact) mass is 348 g/mol. The zero-order valence-electron chi connectivity index (χ0n) is 13.7. The summed E-state index contributed by atoms with van der Waals surface area (Å²) in [4.78, 5) is 23.8. The number of aryl methyl sites for hydroxylation is 1. The summed E-state index contributed by atoms with van der Waals surface area (Å²) in [5, 5.41) is 3.98. The summed E-state index contributed by atoms with van der Waals surface area (Å²) in [5.74, 6) is -0.701. The summed E-state index contributed by atoms with van der Waals surface area (Å²) in [6.45, 7) is 2.43. The molecule has 1 aliphatic rings. The number of benzene rings is 1. The van der Waals surface area contributed by atoms with Crippen LogP contribution in [0.4, 0.5) is 4.39 Å². The van der Waals surface area contributed by atoms with Crippen molar-refractivity contribution < 1.29 is 23.4 Å². The van der Waals surface area contributed by atoms with Crippen LogP contribution in [-0.4, -0.2) is 22.5 Å². The Labute approximate surface area is 142 Å². The SMILES string of the molecule is CCCn1nc(C(=O)OCc2cc(F)cc3c2OCOC3)ccc1=O. The summed E-state index contributed by atoms with van der Waals surface area (Å²) in [7, 11) is 0. The molecule has 0 radical (unpaired) electrons. The summed E-state index contributed by atoms with van der Waals surface area (Å²) >= 11 is 0. The van der Waals surface area contributed by atoms with Gasteiger partial charge < -0.3 is 14.2 Å². The lowest BCUT2D eigenvalue weighted by Crippen LogP contribution is -2.24. The molecule has 132 valence electrons. The number of carbonyl (C=O) groups excluding carboxylic acids is 1. The average molecular weight is 348 g/mol. The van der Waals surface area contributed by atoms with Gasteiger partial charge in [0.25, 0.3) is 5.56 Å². The number of hydrogen-bond acceptors (Lipinski definition) is 6. The summed E-state index contributed by atoms with van der Waals surface area (Å²) in [6, 6.07) is 5.15. The van der Waals surface area contributed by atoms with Crippen molar-refractivity contribution in [1.29, 1.82) is 0 Å². The van der Waals surface area contributed by atoms with Crippen LogP contribution in [0.2, 0.25) is 0 Å². The number of hydrogen-bond donors (Lipinski definition) is 0. The molecule has 0 aliphatic carbocycles. The lowest BCUT2D eigenvalue weighted by atomic mass is 10.1. The molecule has 0 spiro atoms. The second-order valence-corrected chi connectivity index (χ2v) is 5.52. The van der Waals surface area contributed by atoms with Crippen LogP contribution < -0.4 is 10.3 Å². The molecule has 1 aromatic carbocycles. The van der Waals surface area contributed by atoms with Gasteiger partial charge in [-0.25, -0.2) is 13.9 Å². The van der Waals surface area contributed by atoms with E-state index in [4.69, 9.17) is 14.2 Å². The van der Waals surface area contributed by atoms with Gasteiger partial charge in [-0.2, -0.15) is 5.10 Å². The number of nitrogens with zero attached hydrogens (tertiary/aromatic N) is 2. The highest BCUT2D eigenvalue weighted by Crippen LogP contribution is 2.30. The Morgan fingerprint density at radius 3 is 3.04 bits per heavy atom. The molecule has 7 nitrogen and oxygen atoms in total. The Balaban J connectivity index is 1.76. The van der Waals surface area contributed by atoms with Crippen molar-refractivity contribution in [2.75, 3.05) is 6.79 Å².